The van der Waals surface area contributed by atoms with E-state index in [1.807, 2.05) is 44.2 Å². The molecule has 0 bridgehead atoms. The van der Waals surface area contributed by atoms with Crippen LogP contribution in [0.15, 0.2) is 53.8 Å². The van der Waals surface area contributed by atoms with Gasteiger partial charge in [-0.05, 0) is 55.7 Å². The van der Waals surface area contributed by atoms with E-state index in [2.05, 4.69) is 20.7 Å². The molecule has 0 saturated carbocycles. The van der Waals surface area contributed by atoms with Crippen LogP contribution in [-0.4, -0.2) is 28.7 Å². The monoisotopic (exact) mass is 442 g/mol. The molecule has 1 aromatic heterocycles. The number of rotatable bonds is 5. The van der Waals surface area contributed by atoms with Gasteiger partial charge in [0.2, 0.25) is 0 Å². The molecule has 4 rings (SSSR count). The minimum atomic E-state index is -0.00992. The van der Waals surface area contributed by atoms with E-state index in [0.717, 1.165) is 16.1 Å². The standard InChI is InChI=1S/C22H20Cl2N4O2/c1-13-6-7-15(19(24)8-13)9-17-12-29-28-22(26-17)21-14(2)27-25-11-20(21)30-18-5-3-4-16(23)10-18/h3-8,10-11,17H,9,12H2,1-2H3,(H,26,28)/t17-/m1/s1. The third kappa shape index (κ3) is 4.66. The summed E-state index contributed by atoms with van der Waals surface area (Å²) in [5, 5.41) is 17.1. The van der Waals surface area contributed by atoms with E-state index in [1.54, 1.807) is 18.3 Å². The van der Waals surface area contributed by atoms with Crippen molar-refractivity contribution in [2.24, 2.45) is 5.16 Å². The minimum Gasteiger partial charge on any atom is -0.455 e. The van der Waals surface area contributed by atoms with E-state index >= 15 is 0 Å². The Kier molecular flexibility index (Phi) is 6.06. The predicted octanol–water partition coefficient (Wildman–Crippen LogP) is 5.09. The van der Waals surface area contributed by atoms with Gasteiger partial charge in [-0.1, -0.05) is 46.6 Å². The number of aromatic nitrogens is 2. The van der Waals surface area contributed by atoms with Crippen LogP contribution in [0.2, 0.25) is 10.0 Å². The summed E-state index contributed by atoms with van der Waals surface area (Å²) in [6, 6.07) is 13.2. The molecular formula is C22H20Cl2N4O2. The van der Waals surface area contributed by atoms with Crippen LogP contribution >= 0.6 is 23.2 Å². The molecule has 1 atom stereocenters. The highest BCUT2D eigenvalue weighted by Gasteiger charge is 2.24. The Hall–Kier alpha value is -2.83. The fraction of sp³-hybridized carbons (Fsp3) is 0.227. The fourth-order valence-electron chi connectivity index (χ4n) is 3.25. The number of nitrogens with one attached hydrogen (secondary N) is 1. The Morgan fingerprint density at radius 3 is 2.83 bits per heavy atom. The molecule has 0 aliphatic carbocycles. The van der Waals surface area contributed by atoms with Gasteiger partial charge in [0, 0.05) is 10.0 Å². The van der Waals surface area contributed by atoms with E-state index in [1.165, 1.54) is 0 Å². The number of hydrogen-bond acceptors (Lipinski definition) is 6. The lowest BCUT2D eigenvalue weighted by atomic mass is 10.0. The highest BCUT2D eigenvalue weighted by Crippen LogP contribution is 2.29. The van der Waals surface area contributed by atoms with E-state index < -0.39 is 0 Å². The first kappa shape index (κ1) is 20.4. The van der Waals surface area contributed by atoms with E-state index in [4.69, 9.17) is 32.8 Å². The van der Waals surface area contributed by atoms with Gasteiger partial charge in [-0.25, -0.2) is 0 Å². The topological polar surface area (TPSA) is 68.6 Å². The number of ether oxygens (including phenoxy) is 1. The fourth-order valence-corrected chi connectivity index (χ4v) is 3.74. The Bertz CT molecular complexity index is 1100. The molecule has 1 N–H and O–H groups in total. The molecule has 1 aliphatic heterocycles. The number of aryl methyl sites for hydroxylation is 2. The number of amidine groups is 1. The molecule has 6 nitrogen and oxygen atoms in total. The summed E-state index contributed by atoms with van der Waals surface area (Å²) < 4.78 is 6.03. The van der Waals surface area contributed by atoms with Crippen molar-refractivity contribution in [2.75, 3.05) is 6.61 Å². The lowest BCUT2D eigenvalue weighted by molar-refractivity contribution is 0.109. The molecule has 3 aromatic rings. The van der Waals surface area contributed by atoms with Crippen LogP contribution in [0.3, 0.4) is 0 Å². The van der Waals surface area contributed by atoms with Gasteiger partial charge in [0.1, 0.15) is 12.4 Å². The molecule has 0 saturated heterocycles. The maximum absolute atomic E-state index is 6.41. The van der Waals surface area contributed by atoms with Crippen molar-refractivity contribution < 1.29 is 9.57 Å². The molecule has 2 heterocycles. The molecule has 1 aliphatic rings. The first-order chi connectivity index (χ1) is 14.5. The second kappa shape index (κ2) is 8.90. The van der Waals surface area contributed by atoms with Crippen LogP contribution < -0.4 is 10.1 Å². The quantitative estimate of drug-likeness (QED) is 0.595. The average Bonchev–Trinajstić information content (AvgIpc) is 2.71. The molecule has 30 heavy (non-hydrogen) atoms. The summed E-state index contributed by atoms with van der Waals surface area (Å²) in [5.74, 6) is 1.64. The zero-order chi connectivity index (χ0) is 21.1. The lowest BCUT2D eigenvalue weighted by Crippen LogP contribution is -2.43. The summed E-state index contributed by atoms with van der Waals surface area (Å²) in [7, 11) is 0. The zero-order valence-corrected chi connectivity index (χ0v) is 18.0. The predicted molar refractivity (Wildman–Crippen MR) is 118 cm³/mol. The first-order valence-electron chi connectivity index (χ1n) is 9.47. The van der Waals surface area contributed by atoms with Crippen molar-refractivity contribution in [2.45, 2.75) is 26.3 Å². The SMILES string of the molecule is Cc1ccc(C[C@@H]2CON=C(c3c(Oc4cccc(Cl)c4)cnnc3C)N2)c(Cl)c1. The van der Waals surface area contributed by atoms with Crippen LogP contribution in [0.5, 0.6) is 11.5 Å². The van der Waals surface area contributed by atoms with Crippen molar-refractivity contribution in [3.63, 3.8) is 0 Å². The van der Waals surface area contributed by atoms with Crippen LogP contribution in [0.4, 0.5) is 0 Å². The van der Waals surface area contributed by atoms with Gasteiger partial charge in [0.15, 0.2) is 11.6 Å². The Morgan fingerprint density at radius 2 is 2.03 bits per heavy atom. The molecule has 8 heteroatoms. The Morgan fingerprint density at radius 1 is 1.17 bits per heavy atom. The molecule has 154 valence electrons. The maximum Gasteiger partial charge on any atom is 0.178 e. The van der Waals surface area contributed by atoms with Crippen LogP contribution in [0.1, 0.15) is 22.4 Å². The summed E-state index contributed by atoms with van der Waals surface area (Å²) in [5.41, 5.74) is 3.52. The minimum absolute atomic E-state index is 0.00992. The summed E-state index contributed by atoms with van der Waals surface area (Å²) in [4.78, 5) is 5.52. The van der Waals surface area contributed by atoms with E-state index in [9.17, 15) is 0 Å². The average molecular weight is 443 g/mol. The molecule has 0 unspecified atom stereocenters. The number of oxime groups is 1. The molecule has 0 fully saturated rings. The van der Waals surface area contributed by atoms with Gasteiger partial charge >= 0.3 is 0 Å². The third-order valence-corrected chi connectivity index (χ3v) is 5.29. The van der Waals surface area contributed by atoms with Gasteiger partial charge in [0.05, 0.1) is 23.5 Å². The van der Waals surface area contributed by atoms with E-state index in [-0.39, 0.29) is 6.04 Å². The highest BCUT2D eigenvalue weighted by molar-refractivity contribution is 6.31. The first-order valence-corrected chi connectivity index (χ1v) is 10.2. The smallest absolute Gasteiger partial charge is 0.178 e. The molecule has 2 aromatic carbocycles. The molecule has 0 amide bonds. The van der Waals surface area contributed by atoms with Crippen molar-refractivity contribution in [1.29, 1.82) is 0 Å². The number of halogens is 2. The van der Waals surface area contributed by atoms with Crippen molar-refractivity contribution >= 4 is 29.0 Å². The largest absolute Gasteiger partial charge is 0.455 e. The van der Waals surface area contributed by atoms with Crippen molar-refractivity contribution in [1.82, 2.24) is 15.5 Å². The molecule has 0 radical (unpaired) electrons. The van der Waals surface area contributed by atoms with Gasteiger partial charge in [0.25, 0.3) is 0 Å². The van der Waals surface area contributed by atoms with Crippen LogP contribution in [0.25, 0.3) is 0 Å². The lowest BCUT2D eigenvalue weighted by Gasteiger charge is -2.25. The van der Waals surface area contributed by atoms with E-state index in [0.29, 0.717) is 46.6 Å². The Balaban J connectivity index is 1.58. The zero-order valence-electron chi connectivity index (χ0n) is 16.5. The second-order valence-corrected chi connectivity index (χ2v) is 7.95. The summed E-state index contributed by atoms with van der Waals surface area (Å²) in [6.07, 6.45) is 2.24. The molecule has 0 spiro atoms. The number of nitrogens with zero attached hydrogens (tertiary/aromatic N) is 3. The van der Waals surface area contributed by atoms with Crippen molar-refractivity contribution in [3.05, 3.63) is 81.1 Å². The molecular weight excluding hydrogens is 423 g/mol. The summed E-state index contributed by atoms with van der Waals surface area (Å²) >= 11 is 12.5. The second-order valence-electron chi connectivity index (χ2n) is 7.10. The normalized spacial score (nSPS) is 15.7. The van der Waals surface area contributed by atoms with Crippen LogP contribution in [0, 0.1) is 13.8 Å². The van der Waals surface area contributed by atoms with Gasteiger partial charge in [-0.3, -0.25) is 0 Å². The van der Waals surface area contributed by atoms with Gasteiger partial charge in [-0.2, -0.15) is 10.2 Å². The summed E-state index contributed by atoms with van der Waals surface area (Å²) in [6.45, 7) is 4.29. The number of hydrogen-bond donors (Lipinski definition) is 1. The van der Waals surface area contributed by atoms with Gasteiger partial charge in [-0.15, -0.1) is 0 Å². The van der Waals surface area contributed by atoms with Crippen LogP contribution in [-0.2, 0) is 11.3 Å². The highest BCUT2D eigenvalue weighted by atomic mass is 35.5. The number of benzene rings is 2. The Labute approximate surface area is 184 Å². The van der Waals surface area contributed by atoms with Gasteiger partial charge < -0.3 is 14.9 Å². The third-order valence-electron chi connectivity index (χ3n) is 4.70. The van der Waals surface area contributed by atoms with Crippen molar-refractivity contribution in [3.8, 4) is 11.5 Å². The maximum atomic E-state index is 6.41.